The molecular formula is C14H16ClF3N4O2. The lowest BCUT2D eigenvalue weighted by atomic mass is 10.2. The fourth-order valence-electron chi connectivity index (χ4n) is 2.55. The molecule has 6 nitrogen and oxygen atoms in total. The van der Waals surface area contributed by atoms with Crippen molar-refractivity contribution in [1.82, 2.24) is 14.6 Å². The Hall–Kier alpha value is -1.58. The Bertz CT molecular complexity index is 749. The predicted molar refractivity (Wildman–Crippen MR) is 80.7 cm³/mol. The van der Waals surface area contributed by atoms with Gasteiger partial charge in [0.2, 0.25) is 5.95 Å². The second-order valence-electron chi connectivity index (χ2n) is 5.82. The second-order valence-corrected chi connectivity index (χ2v) is 6.19. The molecule has 3 N–H and O–H groups in total. The minimum atomic E-state index is -2.86. The minimum Gasteiger partial charge on any atom is -0.391 e. The van der Waals surface area contributed by atoms with Gasteiger partial charge in [-0.25, -0.2) is 22.7 Å². The average Bonchev–Trinajstić information content (AvgIpc) is 3.08. The summed E-state index contributed by atoms with van der Waals surface area (Å²) in [7, 11) is 0. The number of fused-ring (bicyclic) bond motifs is 1. The summed E-state index contributed by atoms with van der Waals surface area (Å²) in [6.07, 6.45) is 2.51. The molecule has 0 bridgehead atoms. The molecule has 0 amide bonds. The lowest BCUT2D eigenvalue weighted by molar-refractivity contribution is -0.00535. The van der Waals surface area contributed by atoms with Crippen LogP contribution in [0.5, 0.6) is 0 Å². The normalized spacial score (nSPS) is 25.2. The maximum atomic E-state index is 13.7. The average molecular weight is 365 g/mol. The highest BCUT2D eigenvalue weighted by Gasteiger charge is 2.60. The van der Waals surface area contributed by atoms with Crippen LogP contribution in [0, 0.1) is 5.82 Å². The topological polar surface area (TPSA) is 85.7 Å². The summed E-state index contributed by atoms with van der Waals surface area (Å²) in [5.74, 6) is -4.90. The first-order valence-electron chi connectivity index (χ1n) is 7.43. The zero-order valence-corrected chi connectivity index (χ0v) is 13.3. The largest absolute Gasteiger partial charge is 0.391 e. The Kier molecular flexibility index (Phi) is 4.58. The molecule has 2 fully saturated rings. The van der Waals surface area contributed by atoms with Gasteiger partial charge in [-0.3, -0.25) is 0 Å². The molecule has 1 saturated heterocycles. The van der Waals surface area contributed by atoms with Gasteiger partial charge in [-0.2, -0.15) is 0 Å². The summed E-state index contributed by atoms with van der Waals surface area (Å²) < 4.78 is 45.7. The van der Waals surface area contributed by atoms with Crippen molar-refractivity contribution in [1.29, 1.82) is 0 Å². The lowest BCUT2D eigenvalue weighted by Gasteiger charge is -2.15. The second kappa shape index (κ2) is 6.38. The zero-order chi connectivity index (χ0) is 17.5. The van der Waals surface area contributed by atoms with Gasteiger partial charge in [-0.1, -0.05) is 11.6 Å². The summed E-state index contributed by atoms with van der Waals surface area (Å²) >= 11 is 5.71. The van der Waals surface area contributed by atoms with Gasteiger partial charge in [0.05, 0.1) is 30.5 Å². The fraction of sp³-hybridized carbons (Fsp3) is 0.571. The molecule has 24 heavy (non-hydrogen) atoms. The summed E-state index contributed by atoms with van der Waals surface area (Å²) in [6.45, 7) is 1.37. The maximum absolute atomic E-state index is 13.7. The number of halogens is 4. The Morgan fingerprint density at radius 3 is 2.67 bits per heavy atom. The first-order valence-corrected chi connectivity index (χ1v) is 7.81. The number of rotatable bonds is 1. The monoisotopic (exact) mass is 364 g/mol. The molecule has 2 aromatic rings. The fourth-order valence-corrected chi connectivity index (χ4v) is 2.86. The van der Waals surface area contributed by atoms with Gasteiger partial charge in [-0.05, 0) is 12.8 Å². The highest BCUT2D eigenvalue weighted by molar-refractivity contribution is 6.32. The maximum Gasteiger partial charge on any atom is 0.257 e. The number of aromatic nitrogens is 3. The van der Waals surface area contributed by atoms with E-state index in [0.29, 0.717) is 6.61 Å². The number of aliphatic hydroxyl groups is 1. The standard InChI is InChI=1S/C9H6ClF3N4.C5H10O2/c10-5-6(11)4-2-15-8(14)16-17(4)7(5)3-1-9(3,12)13;6-5-2-1-3-7-4-5/h2-3H,1H2,(H2,14,16);5-6H,1-4H2. The summed E-state index contributed by atoms with van der Waals surface area (Å²) in [6, 6.07) is 0. The van der Waals surface area contributed by atoms with Crippen molar-refractivity contribution >= 4 is 23.1 Å². The first kappa shape index (κ1) is 17.2. The van der Waals surface area contributed by atoms with Crippen LogP contribution in [0.4, 0.5) is 19.1 Å². The summed E-state index contributed by atoms with van der Waals surface area (Å²) in [5, 5.41) is 12.2. The molecule has 2 unspecified atom stereocenters. The number of hydrogen-bond donors (Lipinski definition) is 2. The van der Waals surface area contributed by atoms with E-state index in [-0.39, 0.29) is 34.7 Å². The van der Waals surface area contributed by atoms with Crippen molar-refractivity contribution in [2.75, 3.05) is 18.9 Å². The molecule has 2 aliphatic rings. The van der Waals surface area contributed by atoms with Crippen LogP contribution in [-0.4, -0.2) is 44.9 Å². The SMILES string of the molecule is Nc1ncc2c(F)c(Cl)c(C3CC3(F)F)n2n1.OC1CCCOC1. The first-order chi connectivity index (χ1) is 11.3. The summed E-state index contributed by atoms with van der Waals surface area (Å²) in [4.78, 5) is 3.60. The van der Waals surface area contributed by atoms with Crippen LogP contribution in [0.1, 0.15) is 30.9 Å². The Morgan fingerprint density at radius 2 is 2.17 bits per heavy atom. The zero-order valence-electron chi connectivity index (χ0n) is 12.6. The van der Waals surface area contributed by atoms with Crippen LogP contribution < -0.4 is 5.73 Å². The lowest BCUT2D eigenvalue weighted by Crippen LogP contribution is -2.21. The number of nitrogens with two attached hydrogens (primary N) is 1. The number of anilines is 1. The van der Waals surface area contributed by atoms with Crippen LogP contribution in [0.15, 0.2) is 6.20 Å². The Labute approximate surface area is 140 Å². The van der Waals surface area contributed by atoms with Crippen LogP contribution in [0.3, 0.4) is 0 Å². The van der Waals surface area contributed by atoms with Gasteiger partial charge in [0, 0.05) is 13.0 Å². The number of nitrogens with zero attached hydrogens (tertiary/aromatic N) is 3. The highest BCUT2D eigenvalue weighted by atomic mass is 35.5. The quantitative estimate of drug-likeness (QED) is 0.811. The van der Waals surface area contributed by atoms with Crippen LogP contribution >= 0.6 is 11.6 Å². The molecule has 2 atom stereocenters. The molecule has 2 aromatic heterocycles. The highest BCUT2D eigenvalue weighted by Crippen LogP contribution is 2.57. The van der Waals surface area contributed by atoms with Gasteiger partial charge >= 0.3 is 0 Å². The van der Waals surface area contributed by atoms with E-state index in [1.54, 1.807) is 0 Å². The van der Waals surface area contributed by atoms with E-state index >= 15 is 0 Å². The third kappa shape index (κ3) is 3.28. The van der Waals surface area contributed by atoms with E-state index in [1.165, 1.54) is 0 Å². The third-order valence-corrected chi connectivity index (χ3v) is 4.27. The van der Waals surface area contributed by atoms with Crippen molar-refractivity contribution in [3.63, 3.8) is 0 Å². The Balaban J connectivity index is 0.000000203. The van der Waals surface area contributed by atoms with E-state index in [0.717, 1.165) is 30.2 Å². The van der Waals surface area contributed by atoms with Crippen molar-refractivity contribution < 1.29 is 23.0 Å². The third-order valence-electron chi connectivity index (χ3n) is 3.91. The minimum absolute atomic E-state index is 0.0433. The molecule has 1 saturated carbocycles. The number of nitrogen functional groups attached to an aromatic ring is 1. The van der Waals surface area contributed by atoms with Gasteiger partial charge in [0.1, 0.15) is 10.5 Å². The molecule has 1 aliphatic carbocycles. The summed E-state index contributed by atoms with van der Waals surface area (Å²) in [5.41, 5.74) is 5.25. The van der Waals surface area contributed by atoms with Crippen LogP contribution in [0.25, 0.3) is 5.52 Å². The number of ether oxygens (including phenoxy) is 1. The smallest absolute Gasteiger partial charge is 0.257 e. The molecule has 4 rings (SSSR count). The number of aliphatic hydroxyl groups excluding tert-OH is 1. The number of hydrogen-bond acceptors (Lipinski definition) is 5. The van der Waals surface area contributed by atoms with E-state index in [1.807, 2.05) is 0 Å². The van der Waals surface area contributed by atoms with Crippen molar-refractivity contribution in [3.05, 3.63) is 22.7 Å². The molecule has 0 radical (unpaired) electrons. The van der Waals surface area contributed by atoms with E-state index in [4.69, 9.17) is 27.2 Å². The Morgan fingerprint density at radius 1 is 1.46 bits per heavy atom. The van der Waals surface area contributed by atoms with E-state index in [2.05, 4.69) is 10.1 Å². The molecule has 3 heterocycles. The van der Waals surface area contributed by atoms with Crippen molar-refractivity contribution in [2.45, 2.75) is 37.2 Å². The van der Waals surface area contributed by atoms with Crippen LogP contribution in [-0.2, 0) is 4.74 Å². The number of alkyl halides is 2. The molecular weight excluding hydrogens is 349 g/mol. The van der Waals surface area contributed by atoms with E-state index < -0.39 is 17.7 Å². The molecule has 10 heteroatoms. The molecule has 0 spiro atoms. The van der Waals surface area contributed by atoms with Crippen molar-refractivity contribution in [2.24, 2.45) is 0 Å². The van der Waals surface area contributed by atoms with E-state index in [9.17, 15) is 13.2 Å². The molecule has 1 aliphatic heterocycles. The van der Waals surface area contributed by atoms with Gasteiger partial charge in [-0.15, -0.1) is 5.10 Å². The van der Waals surface area contributed by atoms with Crippen LogP contribution in [0.2, 0.25) is 5.02 Å². The van der Waals surface area contributed by atoms with Gasteiger partial charge in [0.15, 0.2) is 5.82 Å². The molecule has 132 valence electrons. The molecule has 0 aromatic carbocycles. The predicted octanol–water partition coefficient (Wildman–Crippen LogP) is 2.38. The van der Waals surface area contributed by atoms with Gasteiger partial charge in [0.25, 0.3) is 5.92 Å². The van der Waals surface area contributed by atoms with Crippen molar-refractivity contribution in [3.8, 4) is 0 Å². The van der Waals surface area contributed by atoms with Gasteiger partial charge < -0.3 is 15.6 Å².